The Morgan fingerprint density at radius 1 is 1.15 bits per heavy atom. The lowest BCUT2D eigenvalue weighted by Crippen LogP contribution is -1.96. The number of nitrogens with zero attached hydrogens (tertiary/aromatic N) is 1. The minimum atomic E-state index is 0.939. The Kier molecular flexibility index (Phi) is 1.88. The van der Waals surface area contributed by atoms with E-state index in [1.165, 1.54) is 11.1 Å². The van der Waals surface area contributed by atoms with Gasteiger partial charge in [-0.05, 0) is 25.5 Å². The minimum Gasteiger partial charge on any atom is -0.249 e. The predicted molar refractivity (Wildman–Crippen MR) is 55.8 cm³/mol. The molecule has 1 aliphatic rings. The number of hydrogen-bond acceptors (Lipinski definition) is 1. The predicted octanol–water partition coefficient (Wildman–Crippen LogP) is 3.03. The molecule has 2 rings (SSSR count). The van der Waals surface area contributed by atoms with E-state index in [1.807, 2.05) is 32.1 Å². The van der Waals surface area contributed by atoms with Crippen LogP contribution < -0.4 is 0 Å². The maximum Gasteiger partial charge on any atom is 0.0793 e. The molecule has 1 aromatic rings. The first-order valence-electron chi connectivity index (χ1n) is 4.35. The van der Waals surface area contributed by atoms with Crippen molar-refractivity contribution in [1.82, 2.24) is 0 Å². The summed E-state index contributed by atoms with van der Waals surface area (Å²) >= 11 is 0. The number of benzene rings is 1. The van der Waals surface area contributed by atoms with Crippen molar-refractivity contribution in [3.63, 3.8) is 0 Å². The highest BCUT2D eigenvalue weighted by Gasteiger charge is 2.04. The van der Waals surface area contributed by atoms with E-state index in [9.17, 15) is 0 Å². The minimum absolute atomic E-state index is 0.939. The molecule has 0 fully saturated rings. The molecule has 1 aliphatic heterocycles. The van der Waals surface area contributed by atoms with Gasteiger partial charge in [0, 0.05) is 11.3 Å². The van der Waals surface area contributed by atoms with Gasteiger partial charge in [0.05, 0.1) is 5.70 Å². The zero-order valence-electron chi connectivity index (χ0n) is 7.83. The molecule has 0 radical (unpaired) electrons. The Bertz CT molecular complexity index is 432. The molecule has 13 heavy (non-hydrogen) atoms. The third-order valence-electron chi connectivity index (χ3n) is 2.12. The molecule has 0 bridgehead atoms. The Morgan fingerprint density at radius 3 is 2.77 bits per heavy atom. The second-order valence-corrected chi connectivity index (χ2v) is 3.16. The van der Waals surface area contributed by atoms with Gasteiger partial charge >= 0.3 is 0 Å². The van der Waals surface area contributed by atoms with Crippen molar-refractivity contribution in [3.8, 4) is 0 Å². The standard InChI is InChI=1S/C12H11N/c1-9-7-8-11-5-3-4-6-12(11)10(2)13-9/h3-6,8H,1-2H3. The second kappa shape index (κ2) is 3.04. The number of aliphatic imine (C=N–C) groups is 1. The van der Waals surface area contributed by atoms with Crippen molar-refractivity contribution in [1.29, 1.82) is 0 Å². The van der Waals surface area contributed by atoms with Crippen molar-refractivity contribution in [3.05, 3.63) is 46.8 Å². The summed E-state index contributed by atoms with van der Waals surface area (Å²) in [6.45, 7) is 4.00. The van der Waals surface area contributed by atoms with E-state index in [-0.39, 0.29) is 0 Å². The quantitative estimate of drug-likeness (QED) is 0.529. The fourth-order valence-corrected chi connectivity index (χ4v) is 1.48. The smallest absolute Gasteiger partial charge is 0.0793 e. The molecule has 0 saturated carbocycles. The summed E-state index contributed by atoms with van der Waals surface area (Å²) in [5, 5.41) is 0. The molecular weight excluding hydrogens is 158 g/mol. The maximum atomic E-state index is 4.41. The van der Waals surface area contributed by atoms with Crippen molar-refractivity contribution < 1.29 is 0 Å². The van der Waals surface area contributed by atoms with Gasteiger partial charge in [-0.3, -0.25) is 0 Å². The molecule has 0 aromatic heterocycles. The van der Waals surface area contributed by atoms with Gasteiger partial charge in [0.25, 0.3) is 0 Å². The highest BCUT2D eigenvalue weighted by molar-refractivity contribution is 6.02. The van der Waals surface area contributed by atoms with Gasteiger partial charge < -0.3 is 0 Å². The first-order chi connectivity index (χ1) is 6.27. The summed E-state index contributed by atoms with van der Waals surface area (Å²) in [7, 11) is 0. The van der Waals surface area contributed by atoms with Gasteiger partial charge in [-0.25, -0.2) is 4.99 Å². The monoisotopic (exact) mass is 169 g/mol. The van der Waals surface area contributed by atoms with E-state index in [0.29, 0.717) is 0 Å². The summed E-state index contributed by atoms with van der Waals surface area (Å²) in [5.74, 6) is 0. The molecule has 1 aromatic carbocycles. The van der Waals surface area contributed by atoms with Gasteiger partial charge in [-0.1, -0.05) is 30.0 Å². The van der Waals surface area contributed by atoms with E-state index in [1.54, 1.807) is 0 Å². The second-order valence-electron chi connectivity index (χ2n) is 3.16. The molecule has 0 aliphatic carbocycles. The Labute approximate surface area is 78.1 Å². The topological polar surface area (TPSA) is 12.4 Å². The fraction of sp³-hybridized carbons (Fsp3) is 0.167. The van der Waals surface area contributed by atoms with Crippen LogP contribution in [0.5, 0.6) is 0 Å². The van der Waals surface area contributed by atoms with Gasteiger partial charge in [-0.2, -0.15) is 0 Å². The van der Waals surface area contributed by atoms with E-state index < -0.39 is 0 Å². The van der Waals surface area contributed by atoms with E-state index in [0.717, 1.165) is 11.4 Å². The Morgan fingerprint density at radius 2 is 1.92 bits per heavy atom. The third-order valence-corrected chi connectivity index (χ3v) is 2.12. The van der Waals surface area contributed by atoms with Crippen LogP contribution >= 0.6 is 0 Å². The normalized spacial score (nSPS) is 14.3. The van der Waals surface area contributed by atoms with Gasteiger partial charge in [0.1, 0.15) is 0 Å². The van der Waals surface area contributed by atoms with Crippen LogP contribution in [-0.4, -0.2) is 5.71 Å². The largest absolute Gasteiger partial charge is 0.249 e. The van der Waals surface area contributed by atoms with Gasteiger partial charge in [0.2, 0.25) is 0 Å². The third kappa shape index (κ3) is 1.47. The molecule has 0 atom stereocenters. The van der Waals surface area contributed by atoms with Crippen LogP contribution in [0, 0.1) is 0 Å². The van der Waals surface area contributed by atoms with Crippen molar-refractivity contribution in [2.75, 3.05) is 0 Å². The number of fused-ring (bicyclic) bond motifs is 1. The SMILES string of the molecule is CC1=C=Cc2ccccc2C(C)=N1. The first kappa shape index (κ1) is 8.03. The molecule has 1 heteroatoms. The lowest BCUT2D eigenvalue weighted by atomic mass is 10.0. The highest BCUT2D eigenvalue weighted by Crippen LogP contribution is 2.15. The summed E-state index contributed by atoms with van der Waals surface area (Å²) in [5.41, 5.74) is 7.53. The fourth-order valence-electron chi connectivity index (χ4n) is 1.48. The maximum absolute atomic E-state index is 4.41. The lowest BCUT2D eigenvalue weighted by Gasteiger charge is -2.02. The molecule has 0 N–H and O–H groups in total. The summed E-state index contributed by atoms with van der Waals surface area (Å²) < 4.78 is 0. The van der Waals surface area contributed by atoms with Crippen LogP contribution in [0.1, 0.15) is 25.0 Å². The van der Waals surface area contributed by atoms with E-state index in [4.69, 9.17) is 0 Å². The van der Waals surface area contributed by atoms with Crippen LogP contribution in [0.3, 0.4) is 0 Å². The number of hydrogen-bond donors (Lipinski definition) is 0. The molecule has 0 unspecified atom stereocenters. The molecule has 1 heterocycles. The van der Waals surface area contributed by atoms with E-state index >= 15 is 0 Å². The lowest BCUT2D eigenvalue weighted by molar-refractivity contribution is 1.31. The summed E-state index contributed by atoms with van der Waals surface area (Å²) in [6.07, 6.45) is 1.99. The molecule has 0 amide bonds. The molecule has 1 nitrogen and oxygen atoms in total. The average molecular weight is 169 g/mol. The summed E-state index contributed by atoms with van der Waals surface area (Å²) in [4.78, 5) is 4.41. The highest BCUT2D eigenvalue weighted by atomic mass is 14.7. The van der Waals surface area contributed by atoms with Crippen molar-refractivity contribution in [2.45, 2.75) is 13.8 Å². The van der Waals surface area contributed by atoms with Gasteiger partial charge in [-0.15, -0.1) is 0 Å². The van der Waals surface area contributed by atoms with Crippen molar-refractivity contribution >= 4 is 11.8 Å². The molecule has 0 saturated heterocycles. The first-order valence-corrected chi connectivity index (χ1v) is 4.35. The van der Waals surface area contributed by atoms with E-state index in [2.05, 4.69) is 22.9 Å². The average Bonchev–Trinajstić information content (AvgIpc) is 2.27. The zero-order valence-corrected chi connectivity index (χ0v) is 7.83. The van der Waals surface area contributed by atoms with Crippen LogP contribution in [-0.2, 0) is 0 Å². The van der Waals surface area contributed by atoms with Crippen LogP contribution in [0.25, 0.3) is 6.08 Å². The van der Waals surface area contributed by atoms with Crippen LogP contribution in [0.4, 0.5) is 0 Å². The Hall–Kier alpha value is -1.59. The summed E-state index contributed by atoms with van der Waals surface area (Å²) in [6, 6.07) is 8.24. The number of rotatable bonds is 0. The van der Waals surface area contributed by atoms with Crippen LogP contribution in [0.2, 0.25) is 0 Å². The zero-order chi connectivity index (χ0) is 9.26. The van der Waals surface area contributed by atoms with Gasteiger partial charge in [0.15, 0.2) is 0 Å². The number of allylic oxidation sites excluding steroid dienone is 1. The van der Waals surface area contributed by atoms with Crippen molar-refractivity contribution in [2.24, 2.45) is 4.99 Å². The Balaban J connectivity index is 2.70. The molecular formula is C12H11N. The molecule has 64 valence electrons. The van der Waals surface area contributed by atoms with Crippen LogP contribution in [0.15, 0.2) is 40.7 Å². The molecule has 0 spiro atoms.